The molecule has 0 aliphatic carbocycles. The predicted octanol–water partition coefficient (Wildman–Crippen LogP) is 2.85. The van der Waals surface area contributed by atoms with Crippen molar-refractivity contribution >= 4 is 0 Å². The van der Waals surface area contributed by atoms with E-state index < -0.39 is 5.54 Å². The van der Waals surface area contributed by atoms with Gasteiger partial charge < -0.3 is 20.1 Å². The summed E-state index contributed by atoms with van der Waals surface area (Å²) in [4.78, 5) is 2.19. The van der Waals surface area contributed by atoms with Gasteiger partial charge in [0.2, 0.25) is 0 Å². The van der Waals surface area contributed by atoms with E-state index in [1.165, 1.54) is 0 Å². The van der Waals surface area contributed by atoms with Crippen LogP contribution in [-0.4, -0.2) is 39.3 Å². The van der Waals surface area contributed by atoms with Crippen molar-refractivity contribution in [2.24, 2.45) is 11.7 Å². The van der Waals surface area contributed by atoms with Crippen LogP contribution in [0.1, 0.15) is 32.8 Å². The quantitative estimate of drug-likeness (QED) is 0.840. The molecule has 0 aromatic heterocycles. The molecule has 0 aliphatic rings. The molecule has 0 fully saturated rings. The van der Waals surface area contributed by atoms with Crippen molar-refractivity contribution in [2.75, 3.05) is 28.3 Å². The molecule has 0 bridgehead atoms. The number of rotatable bonds is 7. The van der Waals surface area contributed by atoms with Gasteiger partial charge in [0.15, 0.2) is 0 Å². The highest BCUT2D eigenvalue weighted by Crippen LogP contribution is 2.40. The van der Waals surface area contributed by atoms with Gasteiger partial charge in [0, 0.05) is 11.6 Å². The summed E-state index contributed by atoms with van der Waals surface area (Å²) in [7, 11) is 7.50. The lowest BCUT2D eigenvalue weighted by Gasteiger charge is -2.45. The van der Waals surface area contributed by atoms with Gasteiger partial charge in [0.05, 0.1) is 19.8 Å². The second kappa shape index (κ2) is 7.14. The van der Waals surface area contributed by atoms with Crippen LogP contribution < -0.4 is 15.2 Å². The number of nitrogens with two attached hydrogens (primary N) is 1. The average Bonchev–Trinajstić information content (AvgIpc) is 2.46. The number of methoxy groups -OCH3 is 2. The third-order valence-electron chi connectivity index (χ3n) is 4.39. The number of benzene rings is 1. The second-order valence-corrected chi connectivity index (χ2v) is 6.04. The molecule has 1 aromatic carbocycles. The van der Waals surface area contributed by atoms with E-state index in [1.807, 2.05) is 18.2 Å². The van der Waals surface area contributed by atoms with E-state index in [2.05, 4.69) is 39.8 Å². The Kier molecular flexibility index (Phi) is 6.05. The summed E-state index contributed by atoms with van der Waals surface area (Å²) in [6, 6.07) is 6.05. The molecule has 4 nitrogen and oxygen atoms in total. The third-order valence-corrected chi connectivity index (χ3v) is 4.39. The molecule has 0 saturated carbocycles. The maximum Gasteiger partial charge on any atom is 0.124 e. The molecule has 1 aromatic rings. The predicted molar refractivity (Wildman–Crippen MR) is 88.0 cm³/mol. The largest absolute Gasteiger partial charge is 0.497 e. The lowest BCUT2D eigenvalue weighted by molar-refractivity contribution is 0.124. The standard InChI is InChI=1S/C17H30N2O2/c1-8-16(19(4)5)17(18,12(2)3)14-11-13(20-6)9-10-15(14)21-7/h9-12,16H,8,18H2,1-7H3. The zero-order valence-electron chi connectivity index (χ0n) is 14.4. The Balaban J connectivity index is 3.53. The highest BCUT2D eigenvalue weighted by molar-refractivity contribution is 5.46. The van der Waals surface area contributed by atoms with Crippen LogP contribution in [0.4, 0.5) is 0 Å². The highest BCUT2D eigenvalue weighted by Gasteiger charge is 2.42. The fraction of sp³-hybridized carbons (Fsp3) is 0.647. The van der Waals surface area contributed by atoms with Gasteiger partial charge in [-0.1, -0.05) is 20.8 Å². The van der Waals surface area contributed by atoms with Gasteiger partial charge in [-0.25, -0.2) is 0 Å². The fourth-order valence-electron chi connectivity index (χ4n) is 3.16. The van der Waals surface area contributed by atoms with Crippen molar-refractivity contribution in [3.8, 4) is 11.5 Å². The van der Waals surface area contributed by atoms with Gasteiger partial charge in [-0.3, -0.25) is 0 Å². The zero-order chi connectivity index (χ0) is 16.2. The van der Waals surface area contributed by atoms with Gasteiger partial charge in [0.1, 0.15) is 11.5 Å². The van der Waals surface area contributed by atoms with E-state index in [4.69, 9.17) is 15.2 Å². The van der Waals surface area contributed by atoms with Crippen LogP contribution in [-0.2, 0) is 5.54 Å². The molecule has 2 unspecified atom stereocenters. The van der Waals surface area contributed by atoms with E-state index >= 15 is 0 Å². The van der Waals surface area contributed by atoms with E-state index in [9.17, 15) is 0 Å². The molecule has 2 N–H and O–H groups in total. The lowest BCUT2D eigenvalue weighted by atomic mass is 9.73. The summed E-state index contributed by atoms with van der Waals surface area (Å²) >= 11 is 0. The maximum absolute atomic E-state index is 6.94. The second-order valence-electron chi connectivity index (χ2n) is 6.04. The Morgan fingerprint density at radius 2 is 1.81 bits per heavy atom. The van der Waals surface area contributed by atoms with Gasteiger partial charge in [-0.15, -0.1) is 0 Å². The summed E-state index contributed by atoms with van der Waals surface area (Å²) < 4.78 is 10.9. The van der Waals surface area contributed by atoms with E-state index in [0.29, 0.717) is 0 Å². The Bertz CT molecular complexity index is 460. The molecule has 0 radical (unpaired) electrons. The topological polar surface area (TPSA) is 47.7 Å². The zero-order valence-corrected chi connectivity index (χ0v) is 14.4. The van der Waals surface area contributed by atoms with Crippen LogP contribution >= 0.6 is 0 Å². The van der Waals surface area contributed by atoms with Crippen molar-refractivity contribution in [3.05, 3.63) is 23.8 Å². The minimum Gasteiger partial charge on any atom is -0.497 e. The minimum atomic E-state index is -0.516. The average molecular weight is 294 g/mol. The summed E-state index contributed by atoms with van der Waals surface area (Å²) in [6.45, 7) is 6.48. The number of likely N-dealkylation sites (N-methyl/N-ethyl adjacent to an activating group) is 1. The van der Waals surface area contributed by atoms with Crippen LogP contribution in [0.3, 0.4) is 0 Å². The first-order valence-electron chi connectivity index (χ1n) is 7.50. The monoisotopic (exact) mass is 294 g/mol. The van der Waals surface area contributed by atoms with E-state index in [1.54, 1.807) is 14.2 Å². The number of ether oxygens (including phenoxy) is 2. The van der Waals surface area contributed by atoms with Crippen LogP contribution in [0, 0.1) is 5.92 Å². The van der Waals surface area contributed by atoms with Gasteiger partial charge >= 0.3 is 0 Å². The van der Waals surface area contributed by atoms with Gasteiger partial charge in [0.25, 0.3) is 0 Å². The molecule has 2 atom stereocenters. The smallest absolute Gasteiger partial charge is 0.124 e. The minimum absolute atomic E-state index is 0.207. The van der Waals surface area contributed by atoms with Crippen LogP contribution in [0.25, 0.3) is 0 Å². The SMILES string of the molecule is CCC(N(C)C)C(N)(c1cc(OC)ccc1OC)C(C)C. The third kappa shape index (κ3) is 3.33. The van der Waals surface area contributed by atoms with Crippen molar-refractivity contribution in [1.82, 2.24) is 4.90 Å². The number of hydrogen-bond acceptors (Lipinski definition) is 4. The van der Waals surface area contributed by atoms with E-state index in [-0.39, 0.29) is 12.0 Å². The summed E-state index contributed by atoms with van der Waals surface area (Å²) in [5, 5.41) is 0. The molecule has 0 aliphatic heterocycles. The van der Waals surface area contributed by atoms with Crippen molar-refractivity contribution in [1.29, 1.82) is 0 Å². The first-order valence-corrected chi connectivity index (χ1v) is 7.50. The molecule has 1 rings (SSSR count). The normalized spacial score (nSPS) is 15.9. The molecule has 21 heavy (non-hydrogen) atoms. The van der Waals surface area contributed by atoms with Crippen molar-refractivity contribution < 1.29 is 9.47 Å². The van der Waals surface area contributed by atoms with Crippen LogP contribution in [0.2, 0.25) is 0 Å². The molecule has 0 amide bonds. The van der Waals surface area contributed by atoms with E-state index in [0.717, 1.165) is 23.5 Å². The van der Waals surface area contributed by atoms with Crippen molar-refractivity contribution in [3.63, 3.8) is 0 Å². The summed E-state index contributed by atoms with van der Waals surface area (Å²) in [5.74, 6) is 1.87. The summed E-state index contributed by atoms with van der Waals surface area (Å²) in [5.41, 5.74) is 7.42. The van der Waals surface area contributed by atoms with Crippen molar-refractivity contribution in [2.45, 2.75) is 38.8 Å². The fourth-order valence-corrected chi connectivity index (χ4v) is 3.16. The molecule has 4 heteroatoms. The number of hydrogen-bond donors (Lipinski definition) is 1. The molecular weight excluding hydrogens is 264 g/mol. The molecule has 0 saturated heterocycles. The lowest BCUT2D eigenvalue weighted by Crippen LogP contribution is -2.57. The van der Waals surface area contributed by atoms with Crippen LogP contribution in [0.15, 0.2) is 18.2 Å². The Labute approximate surface area is 129 Å². The Morgan fingerprint density at radius 3 is 2.19 bits per heavy atom. The maximum atomic E-state index is 6.94. The molecular formula is C17H30N2O2. The molecule has 0 heterocycles. The number of nitrogens with zero attached hydrogens (tertiary/aromatic N) is 1. The molecule has 0 spiro atoms. The Morgan fingerprint density at radius 1 is 1.19 bits per heavy atom. The van der Waals surface area contributed by atoms with Crippen LogP contribution in [0.5, 0.6) is 11.5 Å². The molecule has 120 valence electrons. The van der Waals surface area contributed by atoms with Gasteiger partial charge in [-0.2, -0.15) is 0 Å². The first-order chi connectivity index (χ1) is 9.82. The Hall–Kier alpha value is -1.26. The first kappa shape index (κ1) is 17.8. The van der Waals surface area contributed by atoms with Gasteiger partial charge in [-0.05, 0) is 44.6 Å². The highest BCUT2D eigenvalue weighted by atomic mass is 16.5. The summed E-state index contributed by atoms with van der Waals surface area (Å²) in [6.07, 6.45) is 0.960.